The number of aliphatic hydroxyl groups is 1. The molecule has 2 heteroatoms. The first-order valence-electron chi connectivity index (χ1n) is 2.81. The lowest BCUT2D eigenvalue weighted by molar-refractivity contribution is 0.240. The third-order valence-electron chi connectivity index (χ3n) is 1.28. The topological polar surface area (TPSA) is 20.2 Å². The summed E-state index contributed by atoms with van der Waals surface area (Å²) in [5.41, 5.74) is 0. The molecule has 0 aromatic rings. The molecule has 1 N–H and O–H groups in total. The summed E-state index contributed by atoms with van der Waals surface area (Å²) in [5, 5.41) is 8.92. The Bertz CT molecular complexity index is 50.0. The zero-order valence-corrected chi connectivity index (χ0v) is 5.35. The van der Waals surface area contributed by atoms with E-state index in [4.69, 9.17) is 5.11 Å². The predicted molar refractivity (Wildman–Crippen MR) is 33.0 cm³/mol. The Morgan fingerprint density at radius 3 is 2.57 bits per heavy atom. The molecule has 1 heterocycles. The van der Waals surface area contributed by atoms with Crippen molar-refractivity contribution in [1.29, 1.82) is 0 Å². The summed E-state index contributed by atoms with van der Waals surface area (Å²) < 4.78 is 0. The van der Waals surface area contributed by atoms with Crippen molar-refractivity contribution in [2.75, 3.05) is 6.16 Å². The highest BCUT2D eigenvalue weighted by molar-refractivity contribution is 7.38. The van der Waals surface area contributed by atoms with E-state index in [9.17, 15) is 0 Å². The van der Waals surface area contributed by atoms with Crippen LogP contribution in [0.4, 0.5) is 0 Å². The second-order valence-electron chi connectivity index (χ2n) is 1.97. The zero-order chi connectivity index (χ0) is 5.11. The summed E-state index contributed by atoms with van der Waals surface area (Å²) in [4.78, 5) is 0. The van der Waals surface area contributed by atoms with Gasteiger partial charge in [0.25, 0.3) is 0 Å². The van der Waals surface area contributed by atoms with Gasteiger partial charge in [0.05, 0.1) is 5.85 Å². The van der Waals surface area contributed by atoms with E-state index < -0.39 is 0 Å². The smallest absolute Gasteiger partial charge is 0.0702 e. The number of hydrogen-bond acceptors (Lipinski definition) is 1. The van der Waals surface area contributed by atoms with Gasteiger partial charge in [-0.2, -0.15) is 0 Å². The Hall–Kier alpha value is 0.390. The molecule has 2 atom stereocenters. The van der Waals surface area contributed by atoms with Crippen LogP contribution in [0.5, 0.6) is 0 Å². The maximum absolute atomic E-state index is 8.92. The van der Waals surface area contributed by atoms with Crippen LogP contribution in [-0.4, -0.2) is 17.1 Å². The molecule has 0 amide bonds. The Labute approximate surface area is 45.9 Å². The lowest BCUT2D eigenvalue weighted by atomic mass is 10.2. The number of hydrogen-bond donors (Lipinski definition) is 1. The lowest BCUT2D eigenvalue weighted by Gasteiger charge is -2.14. The SMILES string of the molecule is OC1CCCCP1. The van der Waals surface area contributed by atoms with Crippen LogP contribution >= 0.6 is 8.58 Å². The van der Waals surface area contributed by atoms with Gasteiger partial charge in [-0.3, -0.25) is 0 Å². The van der Waals surface area contributed by atoms with Crippen LogP contribution in [0, 0.1) is 0 Å². The molecule has 7 heavy (non-hydrogen) atoms. The molecule has 0 radical (unpaired) electrons. The fraction of sp³-hybridized carbons (Fsp3) is 1.00. The van der Waals surface area contributed by atoms with Gasteiger partial charge in [-0.1, -0.05) is 15.0 Å². The van der Waals surface area contributed by atoms with Crippen molar-refractivity contribution in [2.24, 2.45) is 0 Å². The molecule has 1 aliphatic heterocycles. The third kappa shape index (κ3) is 1.75. The second kappa shape index (κ2) is 2.64. The van der Waals surface area contributed by atoms with E-state index in [1.807, 2.05) is 0 Å². The van der Waals surface area contributed by atoms with Crippen molar-refractivity contribution in [1.82, 2.24) is 0 Å². The number of aliphatic hydroxyl groups excluding tert-OH is 1. The van der Waals surface area contributed by atoms with E-state index in [-0.39, 0.29) is 5.85 Å². The summed E-state index contributed by atoms with van der Waals surface area (Å²) in [6.45, 7) is 0. The fourth-order valence-corrected chi connectivity index (χ4v) is 2.03. The molecule has 1 nitrogen and oxygen atoms in total. The highest BCUT2D eigenvalue weighted by Gasteiger charge is 2.07. The fourth-order valence-electron chi connectivity index (χ4n) is 0.833. The van der Waals surface area contributed by atoms with Crippen LogP contribution in [0.3, 0.4) is 0 Å². The monoisotopic (exact) mass is 118 g/mol. The van der Waals surface area contributed by atoms with Gasteiger partial charge in [0, 0.05) is 0 Å². The second-order valence-corrected chi connectivity index (χ2v) is 3.54. The Morgan fingerprint density at radius 1 is 1.43 bits per heavy atom. The minimum Gasteiger partial charge on any atom is -0.389 e. The zero-order valence-electron chi connectivity index (χ0n) is 4.35. The molecular weight excluding hydrogens is 107 g/mol. The normalized spacial score (nSPS) is 36.4. The molecule has 1 aliphatic rings. The quantitative estimate of drug-likeness (QED) is 0.473. The minimum absolute atomic E-state index is 0.0637. The molecule has 0 saturated carbocycles. The van der Waals surface area contributed by atoms with Gasteiger partial charge in [-0.15, -0.1) is 0 Å². The summed E-state index contributed by atoms with van der Waals surface area (Å²) in [6, 6.07) is 0. The van der Waals surface area contributed by atoms with Crippen LogP contribution in [-0.2, 0) is 0 Å². The van der Waals surface area contributed by atoms with E-state index in [0.29, 0.717) is 0 Å². The highest BCUT2D eigenvalue weighted by Crippen LogP contribution is 2.28. The van der Waals surface area contributed by atoms with Gasteiger partial charge < -0.3 is 5.11 Å². The van der Waals surface area contributed by atoms with Gasteiger partial charge in [0.15, 0.2) is 0 Å². The predicted octanol–water partition coefficient (Wildman–Crippen LogP) is 1.17. The minimum atomic E-state index is 0.0637. The van der Waals surface area contributed by atoms with Crippen molar-refractivity contribution in [3.8, 4) is 0 Å². The van der Waals surface area contributed by atoms with Gasteiger partial charge in [-0.25, -0.2) is 0 Å². The van der Waals surface area contributed by atoms with Gasteiger partial charge in [-0.05, 0) is 19.0 Å². The van der Waals surface area contributed by atoms with E-state index in [1.165, 1.54) is 19.0 Å². The Kier molecular flexibility index (Phi) is 2.08. The van der Waals surface area contributed by atoms with Gasteiger partial charge >= 0.3 is 0 Å². The highest BCUT2D eigenvalue weighted by atomic mass is 31.1. The van der Waals surface area contributed by atoms with Gasteiger partial charge in [0.1, 0.15) is 0 Å². The average Bonchev–Trinajstić information content (AvgIpc) is 1.69. The molecule has 0 bridgehead atoms. The van der Waals surface area contributed by atoms with Crippen molar-refractivity contribution < 1.29 is 5.11 Å². The first-order chi connectivity index (χ1) is 3.39. The molecule has 0 aromatic carbocycles. The molecule has 1 fully saturated rings. The van der Waals surface area contributed by atoms with E-state index in [1.54, 1.807) is 0 Å². The molecule has 0 aromatic heterocycles. The molecule has 0 aliphatic carbocycles. The van der Waals surface area contributed by atoms with Crippen LogP contribution in [0.2, 0.25) is 0 Å². The maximum atomic E-state index is 8.92. The average molecular weight is 118 g/mol. The summed E-state index contributed by atoms with van der Waals surface area (Å²) in [7, 11) is 0.831. The van der Waals surface area contributed by atoms with Crippen molar-refractivity contribution >= 4 is 8.58 Å². The van der Waals surface area contributed by atoms with Crippen molar-refractivity contribution in [2.45, 2.75) is 25.1 Å². The molecule has 1 rings (SSSR count). The standard InChI is InChI=1S/C5H11OP/c6-5-3-1-2-4-7-5/h5-7H,1-4H2. The molecular formula is C5H11OP. The first-order valence-corrected chi connectivity index (χ1v) is 4.09. The van der Waals surface area contributed by atoms with Gasteiger partial charge in [0.2, 0.25) is 0 Å². The lowest BCUT2D eigenvalue weighted by Crippen LogP contribution is -2.04. The van der Waals surface area contributed by atoms with Crippen LogP contribution in [0.25, 0.3) is 0 Å². The van der Waals surface area contributed by atoms with Crippen LogP contribution < -0.4 is 0 Å². The van der Waals surface area contributed by atoms with E-state index in [0.717, 1.165) is 15.0 Å². The maximum Gasteiger partial charge on any atom is 0.0702 e. The Balaban J connectivity index is 2.12. The van der Waals surface area contributed by atoms with Crippen molar-refractivity contribution in [3.05, 3.63) is 0 Å². The van der Waals surface area contributed by atoms with Crippen LogP contribution in [0.15, 0.2) is 0 Å². The van der Waals surface area contributed by atoms with E-state index in [2.05, 4.69) is 0 Å². The van der Waals surface area contributed by atoms with Crippen molar-refractivity contribution in [3.63, 3.8) is 0 Å². The number of rotatable bonds is 0. The largest absolute Gasteiger partial charge is 0.389 e. The van der Waals surface area contributed by atoms with Crippen LogP contribution in [0.1, 0.15) is 19.3 Å². The van der Waals surface area contributed by atoms with E-state index >= 15 is 0 Å². The first kappa shape index (κ1) is 5.53. The molecule has 0 spiro atoms. The molecule has 42 valence electrons. The summed E-state index contributed by atoms with van der Waals surface area (Å²) in [6.07, 6.45) is 4.91. The third-order valence-corrected chi connectivity index (χ3v) is 2.69. The summed E-state index contributed by atoms with van der Waals surface area (Å²) >= 11 is 0. The summed E-state index contributed by atoms with van der Waals surface area (Å²) in [5.74, 6) is 0.0637. The molecule has 1 saturated heterocycles. The molecule has 2 unspecified atom stereocenters. The Morgan fingerprint density at radius 2 is 2.29 bits per heavy atom.